The highest BCUT2D eigenvalue weighted by Crippen LogP contribution is 2.22. The normalized spacial score (nSPS) is 12.7. The van der Waals surface area contributed by atoms with Crippen molar-refractivity contribution in [1.29, 1.82) is 0 Å². The van der Waals surface area contributed by atoms with Crippen LogP contribution >= 0.6 is 11.3 Å². The number of aryl methyl sites for hydroxylation is 1. The molecule has 1 heterocycles. The minimum Gasteiger partial charge on any atom is -0.324 e. The Morgan fingerprint density at radius 3 is 2.68 bits per heavy atom. The molecule has 96 valence electrons. The second-order valence-corrected chi connectivity index (χ2v) is 5.74. The highest BCUT2D eigenvalue weighted by atomic mass is 32.1. The van der Waals surface area contributed by atoms with Crippen molar-refractivity contribution < 1.29 is 0 Å². The third-order valence-corrected chi connectivity index (χ3v) is 4.25. The zero-order valence-electron chi connectivity index (χ0n) is 10.8. The molecule has 0 amide bonds. The Hall–Kier alpha value is -1.71. The van der Waals surface area contributed by atoms with E-state index >= 15 is 0 Å². The summed E-state index contributed by atoms with van der Waals surface area (Å²) >= 11 is 1.69. The van der Waals surface area contributed by atoms with Crippen molar-refractivity contribution in [2.45, 2.75) is 19.4 Å². The molecule has 2 aromatic carbocycles. The van der Waals surface area contributed by atoms with E-state index in [1.165, 1.54) is 16.3 Å². The molecule has 0 spiro atoms. The molecule has 3 aromatic rings. The first-order chi connectivity index (χ1) is 9.22. The van der Waals surface area contributed by atoms with E-state index in [0.717, 1.165) is 17.1 Å². The summed E-state index contributed by atoms with van der Waals surface area (Å²) in [5.74, 6) is 0. The lowest BCUT2D eigenvalue weighted by molar-refractivity contribution is 0.718. The average molecular weight is 268 g/mol. The molecule has 0 saturated carbocycles. The number of benzene rings is 2. The summed E-state index contributed by atoms with van der Waals surface area (Å²) in [6, 6.07) is 14.8. The van der Waals surface area contributed by atoms with Gasteiger partial charge >= 0.3 is 0 Å². The number of fused-ring (bicyclic) bond motifs is 1. The van der Waals surface area contributed by atoms with Crippen LogP contribution in [0.4, 0.5) is 0 Å². The summed E-state index contributed by atoms with van der Waals surface area (Å²) < 4.78 is 0. The Morgan fingerprint density at radius 1 is 1.16 bits per heavy atom. The largest absolute Gasteiger partial charge is 0.324 e. The van der Waals surface area contributed by atoms with Gasteiger partial charge in [0.1, 0.15) is 0 Å². The van der Waals surface area contributed by atoms with Gasteiger partial charge in [-0.1, -0.05) is 36.4 Å². The summed E-state index contributed by atoms with van der Waals surface area (Å²) in [6.07, 6.45) is 0.802. The molecule has 0 aliphatic rings. The number of nitrogens with two attached hydrogens (primary N) is 1. The molecule has 1 atom stereocenters. The van der Waals surface area contributed by atoms with Gasteiger partial charge in [0.2, 0.25) is 0 Å². The van der Waals surface area contributed by atoms with Crippen LogP contribution in [0.5, 0.6) is 0 Å². The summed E-state index contributed by atoms with van der Waals surface area (Å²) in [5.41, 5.74) is 8.54. The molecule has 2 N–H and O–H groups in total. The standard InChI is InChI=1S/C16H16N2S/c1-11-10-19-16(18-11)9-15(17)14-7-6-12-4-2-3-5-13(12)8-14/h2-8,10,15H,9,17H2,1H3. The second-order valence-electron chi connectivity index (χ2n) is 4.80. The first-order valence-electron chi connectivity index (χ1n) is 6.37. The maximum absolute atomic E-state index is 6.29. The number of thiazole rings is 1. The Labute approximate surface area is 116 Å². The number of hydrogen-bond acceptors (Lipinski definition) is 3. The zero-order valence-corrected chi connectivity index (χ0v) is 11.7. The van der Waals surface area contributed by atoms with Crippen molar-refractivity contribution in [2.24, 2.45) is 5.73 Å². The first-order valence-corrected chi connectivity index (χ1v) is 7.25. The molecule has 0 fully saturated rings. The van der Waals surface area contributed by atoms with Gasteiger partial charge in [-0.05, 0) is 29.3 Å². The van der Waals surface area contributed by atoms with Crippen LogP contribution in [0.15, 0.2) is 47.8 Å². The lowest BCUT2D eigenvalue weighted by Gasteiger charge is -2.11. The minimum absolute atomic E-state index is 0.00940. The van der Waals surface area contributed by atoms with Gasteiger partial charge in [0.25, 0.3) is 0 Å². The van der Waals surface area contributed by atoms with E-state index in [-0.39, 0.29) is 6.04 Å². The van der Waals surface area contributed by atoms with E-state index < -0.39 is 0 Å². The minimum atomic E-state index is 0.00940. The van der Waals surface area contributed by atoms with E-state index in [9.17, 15) is 0 Å². The summed E-state index contributed by atoms with van der Waals surface area (Å²) in [7, 11) is 0. The number of aromatic nitrogens is 1. The van der Waals surface area contributed by atoms with Crippen molar-refractivity contribution in [3.05, 3.63) is 64.1 Å². The number of nitrogens with zero attached hydrogens (tertiary/aromatic N) is 1. The van der Waals surface area contributed by atoms with Gasteiger partial charge in [-0.25, -0.2) is 4.98 Å². The number of hydrogen-bond donors (Lipinski definition) is 1. The van der Waals surface area contributed by atoms with Crippen LogP contribution in [0.2, 0.25) is 0 Å². The van der Waals surface area contributed by atoms with Crippen LogP contribution in [0.25, 0.3) is 10.8 Å². The molecule has 3 heteroatoms. The van der Waals surface area contributed by atoms with E-state index in [1.54, 1.807) is 11.3 Å². The molecule has 0 aliphatic carbocycles. The lowest BCUT2D eigenvalue weighted by atomic mass is 10.0. The van der Waals surface area contributed by atoms with Crippen LogP contribution in [0, 0.1) is 6.92 Å². The molecule has 2 nitrogen and oxygen atoms in total. The third kappa shape index (κ3) is 2.67. The predicted molar refractivity (Wildman–Crippen MR) is 81.4 cm³/mol. The molecule has 0 bridgehead atoms. The maximum atomic E-state index is 6.29. The topological polar surface area (TPSA) is 38.9 Å². The maximum Gasteiger partial charge on any atom is 0.0947 e. The number of rotatable bonds is 3. The Morgan fingerprint density at radius 2 is 1.95 bits per heavy atom. The van der Waals surface area contributed by atoms with E-state index in [0.29, 0.717) is 0 Å². The van der Waals surface area contributed by atoms with E-state index in [2.05, 4.69) is 52.8 Å². The lowest BCUT2D eigenvalue weighted by Crippen LogP contribution is -2.13. The van der Waals surface area contributed by atoms with E-state index in [1.807, 2.05) is 6.92 Å². The molecular formula is C16H16N2S. The first kappa shape index (κ1) is 12.3. The zero-order chi connectivity index (χ0) is 13.2. The fourth-order valence-corrected chi connectivity index (χ4v) is 3.07. The average Bonchev–Trinajstić information content (AvgIpc) is 2.83. The fraction of sp³-hybridized carbons (Fsp3) is 0.188. The molecule has 0 radical (unpaired) electrons. The predicted octanol–water partition coefficient (Wildman–Crippen LogP) is 3.85. The Balaban J connectivity index is 1.86. The molecular weight excluding hydrogens is 252 g/mol. The monoisotopic (exact) mass is 268 g/mol. The highest BCUT2D eigenvalue weighted by Gasteiger charge is 2.10. The van der Waals surface area contributed by atoms with Crippen molar-refractivity contribution in [1.82, 2.24) is 4.98 Å². The van der Waals surface area contributed by atoms with Gasteiger partial charge in [0.15, 0.2) is 0 Å². The van der Waals surface area contributed by atoms with Crippen LogP contribution in [-0.4, -0.2) is 4.98 Å². The fourth-order valence-electron chi connectivity index (χ4n) is 2.24. The van der Waals surface area contributed by atoms with Crippen molar-refractivity contribution in [2.75, 3.05) is 0 Å². The van der Waals surface area contributed by atoms with Crippen molar-refractivity contribution in [3.63, 3.8) is 0 Å². The van der Waals surface area contributed by atoms with Crippen molar-refractivity contribution in [3.8, 4) is 0 Å². The molecule has 3 rings (SSSR count). The van der Waals surface area contributed by atoms with Gasteiger partial charge in [-0.15, -0.1) is 11.3 Å². The van der Waals surface area contributed by atoms with Crippen LogP contribution in [0.1, 0.15) is 22.3 Å². The molecule has 0 saturated heterocycles. The quantitative estimate of drug-likeness (QED) is 0.783. The SMILES string of the molecule is Cc1csc(CC(N)c2ccc3ccccc3c2)n1. The molecule has 19 heavy (non-hydrogen) atoms. The van der Waals surface area contributed by atoms with Gasteiger partial charge in [0.05, 0.1) is 5.01 Å². The van der Waals surface area contributed by atoms with E-state index in [4.69, 9.17) is 5.73 Å². The summed E-state index contributed by atoms with van der Waals surface area (Å²) in [4.78, 5) is 4.48. The molecule has 1 unspecified atom stereocenters. The van der Waals surface area contributed by atoms with Crippen LogP contribution in [-0.2, 0) is 6.42 Å². The third-order valence-electron chi connectivity index (χ3n) is 3.26. The molecule has 0 aliphatic heterocycles. The van der Waals surface area contributed by atoms with Gasteiger partial charge in [-0.2, -0.15) is 0 Å². The van der Waals surface area contributed by atoms with Gasteiger partial charge in [0, 0.05) is 23.5 Å². The van der Waals surface area contributed by atoms with Crippen molar-refractivity contribution >= 4 is 22.1 Å². The molecule has 1 aromatic heterocycles. The van der Waals surface area contributed by atoms with Gasteiger partial charge < -0.3 is 5.73 Å². The smallest absolute Gasteiger partial charge is 0.0947 e. The summed E-state index contributed by atoms with van der Waals surface area (Å²) in [6.45, 7) is 2.02. The highest BCUT2D eigenvalue weighted by molar-refractivity contribution is 7.09. The van der Waals surface area contributed by atoms with Crippen LogP contribution in [0.3, 0.4) is 0 Å². The summed E-state index contributed by atoms with van der Waals surface area (Å²) in [5, 5.41) is 5.68. The van der Waals surface area contributed by atoms with Crippen LogP contribution < -0.4 is 5.73 Å². The Kier molecular flexibility index (Phi) is 3.32. The van der Waals surface area contributed by atoms with Gasteiger partial charge in [-0.3, -0.25) is 0 Å². The Bertz CT molecular complexity index is 703. The second kappa shape index (κ2) is 5.11.